The number of para-hydroxylation sites is 1. The summed E-state index contributed by atoms with van der Waals surface area (Å²) in [6.07, 6.45) is 3.64. The van der Waals surface area contributed by atoms with Gasteiger partial charge < -0.3 is 19.4 Å². The fraction of sp³-hybridized carbons (Fsp3) is 0.471. The molecule has 0 atom stereocenters. The van der Waals surface area contributed by atoms with Crippen LogP contribution in [-0.4, -0.2) is 48.4 Å². The number of likely N-dealkylation sites (tertiary alicyclic amines) is 1. The molecule has 0 unspecified atom stereocenters. The molecule has 0 spiro atoms. The van der Waals surface area contributed by atoms with Crippen LogP contribution in [0.3, 0.4) is 0 Å². The SMILES string of the molecule is O=C(c1c[nH]c2ccccc12)N1CCC(C2OCCO2)CC1. The first-order valence-electron chi connectivity index (χ1n) is 7.91. The molecule has 0 saturated carbocycles. The van der Waals surface area contributed by atoms with Crippen LogP contribution in [0.25, 0.3) is 10.9 Å². The fourth-order valence-electron chi connectivity index (χ4n) is 3.44. The van der Waals surface area contributed by atoms with Gasteiger partial charge in [0.1, 0.15) is 0 Å². The third-order valence-electron chi connectivity index (χ3n) is 4.68. The number of ether oxygens (including phenoxy) is 2. The van der Waals surface area contributed by atoms with E-state index in [-0.39, 0.29) is 12.2 Å². The van der Waals surface area contributed by atoms with E-state index in [1.54, 1.807) is 0 Å². The van der Waals surface area contributed by atoms with Gasteiger partial charge in [-0.2, -0.15) is 0 Å². The molecular weight excluding hydrogens is 280 g/mol. The molecule has 5 heteroatoms. The van der Waals surface area contributed by atoms with Crippen LogP contribution in [0.15, 0.2) is 30.5 Å². The molecule has 4 rings (SSSR count). The molecule has 1 aromatic carbocycles. The van der Waals surface area contributed by atoms with E-state index in [1.807, 2.05) is 35.4 Å². The topological polar surface area (TPSA) is 54.6 Å². The summed E-state index contributed by atoms with van der Waals surface area (Å²) in [6.45, 7) is 2.93. The molecule has 116 valence electrons. The van der Waals surface area contributed by atoms with Gasteiger partial charge in [0, 0.05) is 36.1 Å². The molecule has 2 aromatic rings. The van der Waals surface area contributed by atoms with E-state index in [0.717, 1.165) is 42.4 Å². The summed E-state index contributed by atoms with van der Waals surface area (Å²) < 4.78 is 11.2. The zero-order valence-electron chi connectivity index (χ0n) is 12.5. The molecular formula is C17H20N2O3. The Bertz CT molecular complexity index is 667. The summed E-state index contributed by atoms with van der Waals surface area (Å²) >= 11 is 0. The lowest BCUT2D eigenvalue weighted by Gasteiger charge is -2.33. The quantitative estimate of drug-likeness (QED) is 0.926. The number of hydrogen-bond donors (Lipinski definition) is 1. The van der Waals surface area contributed by atoms with Gasteiger partial charge in [0.2, 0.25) is 0 Å². The van der Waals surface area contributed by atoms with Crippen LogP contribution < -0.4 is 0 Å². The molecule has 1 N–H and O–H groups in total. The second kappa shape index (κ2) is 5.74. The predicted molar refractivity (Wildman–Crippen MR) is 82.6 cm³/mol. The van der Waals surface area contributed by atoms with E-state index in [4.69, 9.17) is 9.47 Å². The van der Waals surface area contributed by atoms with E-state index >= 15 is 0 Å². The number of hydrogen-bond acceptors (Lipinski definition) is 3. The van der Waals surface area contributed by atoms with Crippen molar-refractivity contribution in [3.05, 3.63) is 36.0 Å². The van der Waals surface area contributed by atoms with Crippen LogP contribution in [0.4, 0.5) is 0 Å². The number of rotatable bonds is 2. The lowest BCUT2D eigenvalue weighted by molar-refractivity contribution is -0.0956. The lowest BCUT2D eigenvalue weighted by atomic mass is 9.95. The Labute approximate surface area is 129 Å². The second-order valence-electron chi connectivity index (χ2n) is 5.99. The molecule has 2 aliphatic rings. The summed E-state index contributed by atoms with van der Waals surface area (Å²) in [5, 5.41) is 0.997. The minimum atomic E-state index is -0.0645. The number of nitrogens with one attached hydrogen (secondary N) is 1. The van der Waals surface area contributed by atoms with Gasteiger partial charge in [0.25, 0.3) is 5.91 Å². The van der Waals surface area contributed by atoms with Crippen LogP contribution in [0.5, 0.6) is 0 Å². The van der Waals surface area contributed by atoms with Crippen LogP contribution in [0.2, 0.25) is 0 Å². The van der Waals surface area contributed by atoms with Crippen molar-refractivity contribution < 1.29 is 14.3 Å². The van der Waals surface area contributed by atoms with Gasteiger partial charge >= 0.3 is 0 Å². The Morgan fingerprint density at radius 2 is 1.86 bits per heavy atom. The van der Waals surface area contributed by atoms with E-state index in [9.17, 15) is 4.79 Å². The van der Waals surface area contributed by atoms with E-state index in [0.29, 0.717) is 19.1 Å². The number of aromatic amines is 1. The van der Waals surface area contributed by atoms with Crippen molar-refractivity contribution in [3.63, 3.8) is 0 Å². The smallest absolute Gasteiger partial charge is 0.256 e. The molecule has 22 heavy (non-hydrogen) atoms. The minimum Gasteiger partial charge on any atom is -0.360 e. The zero-order valence-corrected chi connectivity index (χ0v) is 12.5. The number of nitrogens with zero attached hydrogens (tertiary/aromatic N) is 1. The average Bonchev–Trinajstić information content (AvgIpc) is 3.24. The van der Waals surface area contributed by atoms with Crippen molar-refractivity contribution in [2.24, 2.45) is 5.92 Å². The molecule has 3 heterocycles. The van der Waals surface area contributed by atoms with Gasteiger partial charge in [-0.15, -0.1) is 0 Å². The highest BCUT2D eigenvalue weighted by molar-refractivity contribution is 6.06. The average molecular weight is 300 g/mol. The van der Waals surface area contributed by atoms with Gasteiger partial charge in [-0.25, -0.2) is 0 Å². The fourth-order valence-corrected chi connectivity index (χ4v) is 3.44. The van der Waals surface area contributed by atoms with E-state index in [2.05, 4.69) is 4.98 Å². The maximum atomic E-state index is 12.7. The van der Waals surface area contributed by atoms with Gasteiger partial charge in [0.15, 0.2) is 6.29 Å². The highest BCUT2D eigenvalue weighted by Gasteiger charge is 2.32. The van der Waals surface area contributed by atoms with Crippen LogP contribution in [0.1, 0.15) is 23.2 Å². The summed E-state index contributed by atoms with van der Waals surface area (Å²) in [7, 11) is 0. The number of aromatic nitrogens is 1. The van der Waals surface area contributed by atoms with Gasteiger partial charge in [0.05, 0.1) is 18.8 Å². The van der Waals surface area contributed by atoms with E-state index < -0.39 is 0 Å². The molecule has 1 amide bonds. The first-order valence-corrected chi connectivity index (χ1v) is 7.91. The van der Waals surface area contributed by atoms with Crippen molar-refractivity contribution in [3.8, 4) is 0 Å². The first-order chi connectivity index (χ1) is 10.8. The maximum Gasteiger partial charge on any atom is 0.256 e. The monoisotopic (exact) mass is 300 g/mol. The molecule has 0 radical (unpaired) electrons. The number of piperidine rings is 1. The molecule has 0 aliphatic carbocycles. The number of fused-ring (bicyclic) bond motifs is 1. The van der Waals surface area contributed by atoms with Crippen LogP contribution >= 0.6 is 0 Å². The molecule has 1 aromatic heterocycles. The van der Waals surface area contributed by atoms with Crippen LogP contribution in [0, 0.1) is 5.92 Å². The van der Waals surface area contributed by atoms with Crippen molar-refractivity contribution in [1.82, 2.24) is 9.88 Å². The molecule has 0 bridgehead atoms. The standard InChI is InChI=1S/C17H20N2O3/c20-16(14-11-18-15-4-2-1-3-13(14)15)19-7-5-12(6-8-19)17-21-9-10-22-17/h1-4,11-12,17-18H,5-10H2. The van der Waals surface area contributed by atoms with Gasteiger partial charge in [-0.3, -0.25) is 4.79 Å². The predicted octanol–water partition coefficient (Wildman–Crippen LogP) is 2.39. The molecule has 2 saturated heterocycles. The molecule has 5 nitrogen and oxygen atoms in total. The molecule has 2 aliphatic heterocycles. The zero-order chi connectivity index (χ0) is 14.9. The normalized spacial score (nSPS) is 20.8. The summed E-state index contributed by atoms with van der Waals surface area (Å²) in [4.78, 5) is 17.9. The Hall–Kier alpha value is -1.85. The van der Waals surface area contributed by atoms with Crippen molar-refractivity contribution in [1.29, 1.82) is 0 Å². The third kappa shape index (κ3) is 2.40. The maximum absolute atomic E-state index is 12.7. The number of H-pyrrole nitrogens is 1. The number of amides is 1. The highest BCUT2D eigenvalue weighted by atomic mass is 16.7. The highest BCUT2D eigenvalue weighted by Crippen LogP contribution is 2.27. The Morgan fingerprint density at radius 1 is 1.14 bits per heavy atom. The largest absolute Gasteiger partial charge is 0.360 e. The van der Waals surface area contributed by atoms with Crippen molar-refractivity contribution in [2.75, 3.05) is 26.3 Å². The van der Waals surface area contributed by atoms with Gasteiger partial charge in [-0.05, 0) is 18.9 Å². The van der Waals surface area contributed by atoms with Crippen LogP contribution in [-0.2, 0) is 9.47 Å². The number of carbonyl (C=O) groups is 1. The van der Waals surface area contributed by atoms with Crippen molar-refractivity contribution in [2.45, 2.75) is 19.1 Å². The van der Waals surface area contributed by atoms with Crippen molar-refractivity contribution >= 4 is 16.8 Å². The molecule has 2 fully saturated rings. The summed E-state index contributed by atoms with van der Waals surface area (Å²) in [5.41, 5.74) is 1.77. The number of carbonyl (C=O) groups excluding carboxylic acids is 1. The third-order valence-corrected chi connectivity index (χ3v) is 4.68. The lowest BCUT2D eigenvalue weighted by Crippen LogP contribution is -2.41. The Kier molecular flexibility index (Phi) is 3.60. The first kappa shape index (κ1) is 13.8. The summed E-state index contributed by atoms with van der Waals surface area (Å²) in [5.74, 6) is 0.527. The Morgan fingerprint density at radius 3 is 2.64 bits per heavy atom. The Balaban J connectivity index is 1.45. The minimum absolute atomic E-state index is 0.0645. The second-order valence-corrected chi connectivity index (χ2v) is 5.99. The number of benzene rings is 1. The van der Waals surface area contributed by atoms with E-state index in [1.165, 1.54) is 0 Å². The van der Waals surface area contributed by atoms with Gasteiger partial charge in [-0.1, -0.05) is 18.2 Å². The summed E-state index contributed by atoms with van der Waals surface area (Å²) in [6, 6.07) is 7.92.